The van der Waals surface area contributed by atoms with E-state index >= 15 is 0 Å². The Balaban J connectivity index is 0.000000552. The molecule has 0 spiro atoms. The number of hydrogen-bond donors (Lipinski definition) is 1. The number of rotatable bonds is 1. The number of aromatic hydroxyl groups is 1. The molecule has 0 fully saturated rings. The van der Waals surface area contributed by atoms with Crippen LogP contribution in [0.4, 0.5) is 26.3 Å². The molecule has 142 valence electrons. The molecule has 0 saturated heterocycles. The van der Waals surface area contributed by atoms with Gasteiger partial charge in [-0.2, -0.15) is 26.3 Å². The quantitative estimate of drug-likeness (QED) is 0.649. The molecule has 1 aromatic carbocycles. The number of phenolic OH excluding ortho intramolecular Hbond substituents is 1. The van der Waals surface area contributed by atoms with Crippen molar-refractivity contribution in [2.24, 2.45) is 5.92 Å². The zero-order chi connectivity index (χ0) is 19.6. The molecule has 1 atom stereocenters. The normalized spacial score (nSPS) is 16.9. The number of thiazole rings is 1. The van der Waals surface area contributed by atoms with Crippen LogP contribution < -0.4 is 0 Å². The number of carbonyl (C=O) groups excluding carboxylic acids is 1. The molecule has 1 N–H and O–H groups in total. The highest BCUT2D eigenvalue weighted by molar-refractivity contribution is 7.17. The highest BCUT2D eigenvalue weighted by Crippen LogP contribution is 2.40. The van der Waals surface area contributed by atoms with Gasteiger partial charge in [-0.1, -0.05) is 6.92 Å². The highest BCUT2D eigenvalue weighted by atomic mass is 32.1. The minimum Gasteiger partial charge on any atom is -0.507 e. The van der Waals surface area contributed by atoms with Crippen LogP contribution in [0.3, 0.4) is 0 Å². The van der Waals surface area contributed by atoms with Gasteiger partial charge in [0.15, 0.2) is 5.78 Å². The van der Waals surface area contributed by atoms with E-state index < -0.39 is 24.2 Å². The summed E-state index contributed by atoms with van der Waals surface area (Å²) >= 11 is 1.12. The molecule has 26 heavy (non-hydrogen) atoms. The van der Waals surface area contributed by atoms with Crippen LogP contribution in [0.15, 0.2) is 18.2 Å². The third-order valence-corrected chi connectivity index (χ3v) is 4.89. The monoisotopic (exact) mass is 397 g/mol. The molecule has 1 aliphatic carbocycles. The number of hydrogen-bond acceptors (Lipinski definition) is 4. The lowest BCUT2D eigenvalue weighted by atomic mass is 9.92. The van der Waals surface area contributed by atoms with E-state index in [-0.39, 0.29) is 17.3 Å². The van der Waals surface area contributed by atoms with Gasteiger partial charge in [-0.25, -0.2) is 4.98 Å². The first-order chi connectivity index (χ1) is 12.0. The molecular weight excluding hydrogens is 384 g/mol. The molecule has 1 unspecified atom stereocenters. The van der Waals surface area contributed by atoms with Gasteiger partial charge in [-0.05, 0) is 31.0 Å². The van der Waals surface area contributed by atoms with Crippen LogP contribution in [0.25, 0.3) is 10.6 Å². The van der Waals surface area contributed by atoms with E-state index in [1.165, 1.54) is 6.07 Å². The third-order valence-electron chi connectivity index (χ3n) is 3.73. The van der Waals surface area contributed by atoms with Crippen LogP contribution in [0, 0.1) is 5.92 Å². The fourth-order valence-electron chi connectivity index (χ4n) is 2.44. The van der Waals surface area contributed by atoms with E-state index in [9.17, 15) is 36.2 Å². The smallest absolute Gasteiger partial charge is 0.419 e. The van der Waals surface area contributed by atoms with E-state index in [4.69, 9.17) is 0 Å². The van der Waals surface area contributed by atoms with E-state index in [0.29, 0.717) is 28.4 Å². The summed E-state index contributed by atoms with van der Waals surface area (Å²) in [5, 5.41) is 9.74. The molecule has 0 aliphatic heterocycles. The lowest BCUT2D eigenvalue weighted by molar-refractivity contribution is -0.138. The van der Waals surface area contributed by atoms with Gasteiger partial charge in [0.1, 0.15) is 10.8 Å². The van der Waals surface area contributed by atoms with Gasteiger partial charge in [0.25, 0.3) is 0 Å². The molecule has 0 saturated carbocycles. The van der Waals surface area contributed by atoms with Crippen LogP contribution in [0.2, 0.25) is 0 Å². The first-order valence-electron chi connectivity index (χ1n) is 7.37. The summed E-state index contributed by atoms with van der Waals surface area (Å²) in [4.78, 5) is 16.9. The van der Waals surface area contributed by atoms with Gasteiger partial charge >= 0.3 is 12.9 Å². The molecule has 1 heterocycles. The summed E-state index contributed by atoms with van der Waals surface area (Å²) < 4.78 is 67.6. The zero-order valence-electron chi connectivity index (χ0n) is 13.3. The second kappa shape index (κ2) is 7.65. The number of fused-ring (bicyclic) bond motifs is 1. The molecule has 0 bridgehead atoms. The molecule has 3 nitrogen and oxygen atoms in total. The minimum absolute atomic E-state index is 0.000164. The van der Waals surface area contributed by atoms with Crippen LogP contribution >= 0.6 is 11.3 Å². The van der Waals surface area contributed by atoms with Gasteiger partial charge in [0, 0.05) is 11.5 Å². The summed E-state index contributed by atoms with van der Waals surface area (Å²) in [7, 11) is 0. The van der Waals surface area contributed by atoms with Gasteiger partial charge in [0.2, 0.25) is 0 Å². The van der Waals surface area contributed by atoms with Crippen LogP contribution in [-0.4, -0.2) is 22.6 Å². The Hall–Kier alpha value is -2.10. The lowest BCUT2D eigenvalue weighted by Gasteiger charge is -2.14. The Morgan fingerprint density at radius 3 is 2.46 bits per heavy atom. The van der Waals surface area contributed by atoms with Gasteiger partial charge in [-0.15, -0.1) is 11.3 Å². The van der Waals surface area contributed by atoms with Crippen LogP contribution in [0.1, 0.15) is 34.3 Å². The summed E-state index contributed by atoms with van der Waals surface area (Å²) in [6.07, 6.45) is -3.28. The number of Topliss-reactive ketones (excluding diaryl/α,β-unsaturated/α-hetero) is 1. The van der Waals surface area contributed by atoms with Crippen molar-refractivity contribution in [3.8, 4) is 16.3 Å². The van der Waals surface area contributed by atoms with E-state index in [2.05, 4.69) is 4.98 Å². The lowest BCUT2D eigenvalue weighted by Crippen LogP contribution is -2.18. The second-order valence-corrected chi connectivity index (χ2v) is 6.58. The molecule has 3 rings (SSSR count). The maximum absolute atomic E-state index is 12.9. The van der Waals surface area contributed by atoms with Crippen molar-refractivity contribution in [2.75, 3.05) is 0 Å². The Morgan fingerprint density at radius 1 is 1.27 bits per heavy atom. The Labute approximate surface area is 148 Å². The standard InChI is InChI=1S/C15H12F3NO2S.CHF3/c1-7-2-4-10-13(12(7)21)22-14(19-10)8-3-5-11(20)9(6-8)15(16,17)18;2-1(3)4/h3,5-7,20H,2,4H2,1H3;1H. The first-order valence-corrected chi connectivity index (χ1v) is 8.19. The predicted molar refractivity (Wildman–Crippen MR) is 83.1 cm³/mol. The average Bonchev–Trinajstić information content (AvgIpc) is 2.95. The van der Waals surface area contributed by atoms with Crippen molar-refractivity contribution in [3.63, 3.8) is 0 Å². The SMILES string of the molecule is CC1CCc2nc(-c3ccc(O)c(C(F)(F)F)c3)sc2C1=O.FC(F)F. The number of ketones is 1. The number of phenols is 1. The van der Waals surface area contributed by atoms with Crippen molar-refractivity contribution >= 4 is 17.1 Å². The van der Waals surface area contributed by atoms with Gasteiger partial charge in [0.05, 0.1) is 16.1 Å². The first kappa shape index (κ1) is 20.2. The number of benzene rings is 1. The Bertz CT molecular complexity index is 800. The molecule has 0 amide bonds. The van der Waals surface area contributed by atoms with Crippen LogP contribution in [0.5, 0.6) is 5.75 Å². The fraction of sp³-hybridized carbons (Fsp3) is 0.375. The maximum atomic E-state index is 12.9. The van der Waals surface area contributed by atoms with Crippen molar-refractivity contribution in [3.05, 3.63) is 34.3 Å². The number of carbonyl (C=O) groups is 1. The largest absolute Gasteiger partial charge is 0.507 e. The topological polar surface area (TPSA) is 50.2 Å². The molecule has 1 aliphatic rings. The molecular formula is C16H13F6NO2S. The van der Waals surface area contributed by atoms with E-state index in [0.717, 1.165) is 23.5 Å². The summed E-state index contributed by atoms with van der Waals surface area (Å²) in [6.45, 7) is -1.83. The summed E-state index contributed by atoms with van der Waals surface area (Å²) in [5.41, 5.74) is -0.187. The van der Waals surface area contributed by atoms with Crippen LogP contribution in [-0.2, 0) is 12.6 Å². The highest BCUT2D eigenvalue weighted by Gasteiger charge is 2.35. The number of nitrogens with zero attached hydrogens (tertiary/aromatic N) is 1. The Kier molecular flexibility index (Phi) is 5.94. The number of aromatic nitrogens is 1. The molecule has 0 radical (unpaired) electrons. The zero-order valence-corrected chi connectivity index (χ0v) is 14.1. The molecule has 10 heteroatoms. The summed E-state index contributed by atoms with van der Waals surface area (Å²) in [6, 6.07) is 3.25. The molecule has 1 aromatic heterocycles. The second-order valence-electron chi connectivity index (χ2n) is 5.58. The molecule has 2 aromatic rings. The van der Waals surface area contributed by atoms with E-state index in [1.54, 1.807) is 0 Å². The fourth-order valence-corrected chi connectivity index (χ4v) is 3.60. The van der Waals surface area contributed by atoms with Crippen molar-refractivity contribution in [1.29, 1.82) is 0 Å². The van der Waals surface area contributed by atoms with Crippen molar-refractivity contribution < 1.29 is 36.2 Å². The van der Waals surface area contributed by atoms with E-state index in [1.807, 2.05) is 6.92 Å². The number of alkyl halides is 6. The maximum Gasteiger partial charge on any atom is 0.419 e. The number of aryl methyl sites for hydroxylation is 1. The van der Waals surface area contributed by atoms with Gasteiger partial charge < -0.3 is 5.11 Å². The van der Waals surface area contributed by atoms with Crippen molar-refractivity contribution in [2.45, 2.75) is 32.6 Å². The number of halogens is 6. The third kappa shape index (κ3) is 4.54. The summed E-state index contributed by atoms with van der Waals surface area (Å²) in [5.74, 6) is -0.895. The minimum atomic E-state index is -4.64. The Morgan fingerprint density at radius 2 is 1.88 bits per heavy atom. The van der Waals surface area contributed by atoms with Gasteiger partial charge in [-0.3, -0.25) is 4.79 Å². The van der Waals surface area contributed by atoms with Crippen molar-refractivity contribution in [1.82, 2.24) is 4.98 Å². The average molecular weight is 397 g/mol. The predicted octanol–water partition coefficient (Wildman–Crippen LogP) is 5.48.